The number of rotatable bonds is 5. The fraction of sp³-hybridized carbons (Fsp3) is 0.480. The van der Waals surface area contributed by atoms with Gasteiger partial charge >= 0.3 is 0 Å². The second kappa shape index (κ2) is 10.2. The Morgan fingerprint density at radius 2 is 1.89 bits per heavy atom. The fourth-order valence-corrected chi connectivity index (χ4v) is 4.27. The highest BCUT2D eigenvalue weighted by Gasteiger charge is 2.53. The van der Waals surface area contributed by atoms with E-state index in [-0.39, 0.29) is 11.5 Å². The highest BCUT2D eigenvalue weighted by molar-refractivity contribution is 5.95. The molecule has 0 bridgehead atoms. The quantitative estimate of drug-likeness (QED) is 0.485. The number of carbonyl (C=O) groups excluding carboxylic acids is 1. The Kier molecular flexibility index (Phi) is 7.41. The lowest BCUT2D eigenvalue weighted by molar-refractivity contribution is -0.314. The van der Waals surface area contributed by atoms with Crippen LogP contribution >= 0.6 is 0 Å². The molecule has 0 aliphatic carbocycles. The summed E-state index contributed by atoms with van der Waals surface area (Å²) in [5.74, 6) is -0.478. The van der Waals surface area contributed by atoms with E-state index >= 15 is 0 Å². The summed E-state index contributed by atoms with van der Waals surface area (Å²) < 4.78 is 31.0. The number of halogens is 1. The Balaban J connectivity index is 1.56. The first-order chi connectivity index (χ1) is 16.6. The molecule has 9 nitrogen and oxygen atoms in total. The van der Waals surface area contributed by atoms with Crippen molar-refractivity contribution in [3.05, 3.63) is 53.3 Å². The molecule has 190 valence electrons. The second-order valence-electron chi connectivity index (χ2n) is 9.08. The van der Waals surface area contributed by atoms with Crippen LogP contribution in [0.5, 0.6) is 5.75 Å². The maximum absolute atomic E-state index is 14.4. The van der Waals surface area contributed by atoms with E-state index < -0.39 is 42.6 Å². The standard InChI is InChI=1S/C25H30FNO8/c1-14-9-15(16-10-17(12-18(26)11-16)23(31)27-5-7-33-8-6-27)3-4-19(14)34-24-25(2,32)22(30)21(29)20(13-28)35-24/h3-4,9-12,20-22,24,28-30,32H,5-8,13H2,1-2H3/t20-,21-,22+,24+,25+/m1/s1. The van der Waals surface area contributed by atoms with Gasteiger partial charge in [0, 0.05) is 18.7 Å². The van der Waals surface area contributed by atoms with E-state index in [1.807, 2.05) is 0 Å². The highest BCUT2D eigenvalue weighted by Crippen LogP contribution is 2.34. The summed E-state index contributed by atoms with van der Waals surface area (Å²) in [7, 11) is 0. The SMILES string of the molecule is Cc1cc(-c2cc(F)cc(C(=O)N3CCOCC3)c2)ccc1O[C@H]1O[C@H](CO)[C@@H](O)[C@H](O)[C@]1(C)O. The highest BCUT2D eigenvalue weighted by atomic mass is 19.1. The second-order valence-corrected chi connectivity index (χ2v) is 9.08. The molecule has 2 aromatic rings. The molecule has 0 aromatic heterocycles. The minimum Gasteiger partial charge on any atom is -0.461 e. The van der Waals surface area contributed by atoms with Crippen molar-refractivity contribution in [2.24, 2.45) is 0 Å². The minimum atomic E-state index is -1.95. The summed E-state index contributed by atoms with van der Waals surface area (Å²) in [5.41, 5.74) is 0.0667. The molecule has 4 rings (SSSR count). The van der Waals surface area contributed by atoms with Crippen molar-refractivity contribution in [3.8, 4) is 16.9 Å². The summed E-state index contributed by atoms with van der Waals surface area (Å²) in [6.45, 7) is 4.23. The number of hydrogen-bond donors (Lipinski definition) is 4. The van der Waals surface area contributed by atoms with Crippen molar-refractivity contribution < 1.29 is 43.8 Å². The van der Waals surface area contributed by atoms with Crippen LogP contribution in [0.2, 0.25) is 0 Å². The van der Waals surface area contributed by atoms with E-state index in [2.05, 4.69) is 0 Å². The molecule has 0 spiro atoms. The number of benzene rings is 2. The molecule has 2 saturated heterocycles. The molecule has 0 unspecified atom stereocenters. The summed E-state index contributed by atoms with van der Waals surface area (Å²) in [6, 6.07) is 9.19. The smallest absolute Gasteiger partial charge is 0.254 e. The first-order valence-corrected chi connectivity index (χ1v) is 11.4. The first-order valence-electron chi connectivity index (χ1n) is 11.4. The number of aryl methyl sites for hydroxylation is 1. The average Bonchev–Trinajstić information content (AvgIpc) is 2.85. The molecular formula is C25H30FNO8. The molecule has 2 heterocycles. The fourth-order valence-electron chi connectivity index (χ4n) is 4.27. The van der Waals surface area contributed by atoms with Crippen molar-refractivity contribution in [1.82, 2.24) is 4.90 Å². The van der Waals surface area contributed by atoms with Gasteiger partial charge in [0.25, 0.3) is 5.91 Å². The van der Waals surface area contributed by atoms with Crippen LogP contribution in [0.15, 0.2) is 36.4 Å². The largest absolute Gasteiger partial charge is 0.461 e. The summed E-state index contributed by atoms with van der Waals surface area (Å²) in [4.78, 5) is 14.5. The number of morpholine rings is 1. The van der Waals surface area contributed by atoms with Crippen LogP contribution in [0.3, 0.4) is 0 Å². The van der Waals surface area contributed by atoms with Gasteiger partial charge in [0.15, 0.2) is 5.60 Å². The molecule has 2 fully saturated rings. The molecule has 0 saturated carbocycles. The number of ether oxygens (including phenoxy) is 3. The van der Waals surface area contributed by atoms with Crippen LogP contribution in [0.1, 0.15) is 22.8 Å². The Hall–Kier alpha value is -2.60. The zero-order valence-corrected chi connectivity index (χ0v) is 19.6. The van der Waals surface area contributed by atoms with Gasteiger partial charge in [0.2, 0.25) is 6.29 Å². The Bertz CT molecular complexity index is 1070. The molecule has 2 aliphatic rings. The van der Waals surface area contributed by atoms with Gasteiger partial charge in [-0.05, 0) is 60.9 Å². The third-order valence-corrected chi connectivity index (χ3v) is 6.44. The molecule has 2 aromatic carbocycles. The van der Waals surface area contributed by atoms with Gasteiger partial charge in [-0.1, -0.05) is 6.07 Å². The number of aliphatic hydroxyl groups is 4. The molecule has 4 N–H and O–H groups in total. The zero-order chi connectivity index (χ0) is 25.3. The lowest BCUT2D eigenvalue weighted by Crippen LogP contribution is -2.66. The van der Waals surface area contributed by atoms with Crippen LogP contribution in [0.25, 0.3) is 11.1 Å². The summed E-state index contributed by atoms with van der Waals surface area (Å²) in [5, 5.41) is 40.4. The van der Waals surface area contributed by atoms with Crippen molar-refractivity contribution in [3.63, 3.8) is 0 Å². The summed E-state index contributed by atoms with van der Waals surface area (Å²) >= 11 is 0. The molecule has 2 aliphatic heterocycles. The van der Waals surface area contributed by atoms with Crippen LogP contribution in [-0.2, 0) is 9.47 Å². The Morgan fingerprint density at radius 3 is 2.54 bits per heavy atom. The average molecular weight is 492 g/mol. The third kappa shape index (κ3) is 5.18. The van der Waals surface area contributed by atoms with Gasteiger partial charge < -0.3 is 39.5 Å². The van der Waals surface area contributed by atoms with E-state index in [0.717, 1.165) is 0 Å². The monoisotopic (exact) mass is 491 g/mol. The maximum Gasteiger partial charge on any atom is 0.254 e. The normalized spacial score (nSPS) is 29.2. The number of aliphatic hydroxyl groups excluding tert-OH is 3. The molecular weight excluding hydrogens is 461 g/mol. The van der Waals surface area contributed by atoms with Gasteiger partial charge in [0.1, 0.15) is 29.9 Å². The number of nitrogens with zero attached hydrogens (tertiary/aromatic N) is 1. The topological polar surface area (TPSA) is 129 Å². The first kappa shape index (κ1) is 25.5. The van der Waals surface area contributed by atoms with Crippen molar-refractivity contribution in [2.45, 2.75) is 44.1 Å². The van der Waals surface area contributed by atoms with E-state index in [1.165, 1.54) is 19.1 Å². The van der Waals surface area contributed by atoms with Crippen LogP contribution in [-0.4, -0.2) is 94.3 Å². The number of amides is 1. The Labute approximate surface area is 202 Å². The predicted octanol–water partition coefficient (Wildman–Crippen LogP) is 0.842. The maximum atomic E-state index is 14.4. The third-order valence-electron chi connectivity index (χ3n) is 6.44. The van der Waals surface area contributed by atoms with Crippen molar-refractivity contribution in [1.29, 1.82) is 0 Å². The van der Waals surface area contributed by atoms with E-state index in [4.69, 9.17) is 14.2 Å². The van der Waals surface area contributed by atoms with Gasteiger partial charge in [-0.25, -0.2) is 4.39 Å². The molecule has 10 heteroatoms. The van der Waals surface area contributed by atoms with Gasteiger partial charge in [-0.3, -0.25) is 4.79 Å². The predicted molar refractivity (Wildman–Crippen MR) is 122 cm³/mol. The van der Waals surface area contributed by atoms with Crippen LogP contribution in [0.4, 0.5) is 4.39 Å². The van der Waals surface area contributed by atoms with E-state index in [9.17, 15) is 29.6 Å². The van der Waals surface area contributed by atoms with Gasteiger partial charge in [-0.15, -0.1) is 0 Å². The van der Waals surface area contributed by atoms with E-state index in [0.29, 0.717) is 48.7 Å². The van der Waals surface area contributed by atoms with Gasteiger partial charge in [-0.2, -0.15) is 0 Å². The van der Waals surface area contributed by atoms with Crippen molar-refractivity contribution >= 4 is 5.91 Å². The number of hydrogen-bond acceptors (Lipinski definition) is 8. The zero-order valence-electron chi connectivity index (χ0n) is 19.6. The molecule has 0 radical (unpaired) electrons. The Morgan fingerprint density at radius 1 is 1.17 bits per heavy atom. The van der Waals surface area contributed by atoms with Crippen LogP contribution in [0, 0.1) is 12.7 Å². The van der Waals surface area contributed by atoms with Gasteiger partial charge in [0.05, 0.1) is 19.8 Å². The molecule has 5 atom stereocenters. The molecule has 35 heavy (non-hydrogen) atoms. The minimum absolute atomic E-state index is 0.245. The van der Waals surface area contributed by atoms with Crippen molar-refractivity contribution in [2.75, 3.05) is 32.9 Å². The summed E-state index contributed by atoms with van der Waals surface area (Å²) in [6.07, 6.45) is -5.59. The van der Waals surface area contributed by atoms with Crippen LogP contribution < -0.4 is 4.74 Å². The van der Waals surface area contributed by atoms with E-state index in [1.54, 1.807) is 36.1 Å². The lowest BCUT2D eigenvalue weighted by Gasteiger charge is -2.45. The molecule has 1 amide bonds. The lowest BCUT2D eigenvalue weighted by atomic mass is 9.88. The number of carbonyl (C=O) groups is 1.